The van der Waals surface area contributed by atoms with Gasteiger partial charge >= 0.3 is 0 Å². The maximum atomic E-state index is 12.2. The van der Waals surface area contributed by atoms with Crippen LogP contribution in [0, 0.1) is 13.8 Å². The molecule has 3 rings (SSSR count). The molecule has 0 atom stereocenters. The van der Waals surface area contributed by atoms with Crippen molar-refractivity contribution in [1.29, 1.82) is 0 Å². The lowest BCUT2D eigenvalue weighted by molar-refractivity contribution is -0.111. The molecular weight excluding hydrogens is 405 g/mol. The van der Waals surface area contributed by atoms with Gasteiger partial charge < -0.3 is 5.32 Å². The molecule has 4 nitrogen and oxygen atoms in total. The van der Waals surface area contributed by atoms with Crippen molar-refractivity contribution in [3.8, 4) is 0 Å². The number of benzene rings is 3. The minimum Gasteiger partial charge on any atom is -0.322 e. The molecule has 3 aromatic rings. The molecule has 0 bridgehead atoms. The first-order valence-electron chi connectivity index (χ1n) is 8.94. The predicted octanol–water partition coefficient (Wildman–Crippen LogP) is 7.68. The largest absolute Gasteiger partial charge is 0.322 e. The number of halogens is 2. The van der Waals surface area contributed by atoms with Crippen molar-refractivity contribution in [2.24, 2.45) is 10.2 Å². The summed E-state index contributed by atoms with van der Waals surface area (Å²) in [5.41, 5.74) is 4.91. The van der Waals surface area contributed by atoms with E-state index in [9.17, 15) is 4.79 Å². The Morgan fingerprint density at radius 1 is 0.931 bits per heavy atom. The van der Waals surface area contributed by atoms with Crippen molar-refractivity contribution in [3.63, 3.8) is 0 Å². The molecule has 0 aliphatic carbocycles. The number of azo groups is 1. The number of anilines is 1. The van der Waals surface area contributed by atoms with Gasteiger partial charge in [-0.3, -0.25) is 4.79 Å². The average molecular weight is 424 g/mol. The van der Waals surface area contributed by atoms with E-state index in [-0.39, 0.29) is 5.91 Å². The van der Waals surface area contributed by atoms with Gasteiger partial charge in [0, 0.05) is 21.8 Å². The molecule has 0 spiro atoms. The zero-order valence-electron chi connectivity index (χ0n) is 16.0. The van der Waals surface area contributed by atoms with Crippen LogP contribution in [0.25, 0.3) is 6.08 Å². The van der Waals surface area contributed by atoms with Gasteiger partial charge in [0.2, 0.25) is 5.91 Å². The van der Waals surface area contributed by atoms with Crippen molar-refractivity contribution >= 4 is 52.2 Å². The summed E-state index contributed by atoms with van der Waals surface area (Å²) >= 11 is 12.0. The topological polar surface area (TPSA) is 53.8 Å². The van der Waals surface area contributed by atoms with Gasteiger partial charge in [0.05, 0.1) is 11.4 Å². The van der Waals surface area contributed by atoms with Crippen LogP contribution in [0.5, 0.6) is 0 Å². The minimum atomic E-state index is -0.256. The van der Waals surface area contributed by atoms with E-state index < -0.39 is 0 Å². The lowest BCUT2D eigenvalue weighted by atomic mass is 10.1. The van der Waals surface area contributed by atoms with E-state index in [1.54, 1.807) is 24.3 Å². The van der Waals surface area contributed by atoms with E-state index in [0.717, 1.165) is 22.4 Å². The van der Waals surface area contributed by atoms with E-state index >= 15 is 0 Å². The molecule has 0 saturated heterocycles. The van der Waals surface area contributed by atoms with Gasteiger partial charge in [-0.15, -0.1) is 0 Å². The number of carbonyl (C=O) groups is 1. The van der Waals surface area contributed by atoms with Gasteiger partial charge in [0.1, 0.15) is 0 Å². The zero-order valence-corrected chi connectivity index (χ0v) is 17.5. The fourth-order valence-corrected chi connectivity index (χ4v) is 3.09. The Morgan fingerprint density at radius 3 is 2.45 bits per heavy atom. The van der Waals surface area contributed by atoms with E-state index in [2.05, 4.69) is 15.5 Å². The summed E-state index contributed by atoms with van der Waals surface area (Å²) in [5, 5.41) is 12.5. The first-order valence-corrected chi connectivity index (χ1v) is 9.70. The highest BCUT2D eigenvalue weighted by molar-refractivity contribution is 6.35. The molecule has 0 unspecified atom stereocenters. The third-order valence-corrected chi connectivity index (χ3v) is 4.80. The van der Waals surface area contributed by atoms with Gasteiger partial charge in [0.15, 0.2) is 0 Å². The van der Waals surface area contributed by atoms with Crippen molar-refractivity contribution in [1.82, 2.24) is 0 Å². The normalized spacial score (nSPS) is 11.3. The number of hydrogen-bond donors (Lipinski definition) is 1. The minimum absolute atomic E-state index is 0.256. The molecule has 1 N–H and O–H groups in total. The summed E-state index contributed by atoms with van der Waals surface area (Å²) in [6, 6.07) is 18.4. The highest BCUT2D eigenvalue weighted by atomic mass is 35.5. The Hall–Kier alpha value is -2.95. The van der Waals surface area contributed by atoms with E-state index in [1.807, 2.05) is 56.3 Å². The summed E-state index contributed by atoms with van der Waals surface area (Å²) in [7, 11) is 0. The number of rotatable bonds is 5. The number of hydrogen-bond acceptors (Lipinski definition) is 3. The van der Waals surface area contributed by atoms with Crippen LogP contribution in [0.15, 0.2) is 77.0 Å². The average Bonchev–Trinajstić information content (AvgIpc) is 2.68. The Bertz CT molecular complexity index is 1110. The standard InChI is InChI=1S/C23H19Cl2N3O/c1-15-5-3-4-6-22(15)28-27-19-10-11-21(16(2)13-19)26-23(29)12-8-17-7-9-18(24)14-20(17)25/h3-14H,1-2H3,(H,26,29). The van der Waals surface area contributed by atoms with Crippen molar-refractivity contribution in [2.75, 3.05) is 5.32 Å². The monoisotopic (exact) mass is 423 g/mol. The van der Waals surface area contributed by atoms with Gasteiger partial charge in [-0.25, -0.2) is 0 Å². The molecule has 0 aliphatic heterocycles. The highest BCUT2D eigenvalue weighted by Gasteiger charge is 2.04. The van der Waals surface area contributed by atoms with Crippen LogP contribution in [0.1, 0.15) is 16.7 Å². The third kappa shape index (κ3) is 5.76. The Kier molecular flexibility index (Phi) is 6.81. The molecule has 29 heavy (non-hydrogen) atoms. The molecular formula is C23H19Cl2N3O. The molecule has 0 heterocycles. The van der Waals surface area contributed by atoms with Crippen LogP contribution in [0.2, 0.25) is 10.0 Å². The first-order chi connectivity index (χ1) is 13.9. The summed E-state index contributed by atoms with van der Waals surface area (Å²) in [4.78, 5) is 12.2. The van der Waals surface area contributed by atoms with Crippen LogP contribution in [-0.4, -0.2) is 5.91 Å². The number of amides is 1. The van der Waals surface area contributed by atoms with E-state index in [1.165, 1.54) is 6.08 Å². The number of nitrogens with one attached hydrogen (secondary N) is 1. The summed E-state index contributed by atoms with van der Waals surface area (Å²) in [6.07, 6.45) is 3.08. The summed E-state index contributed by atoms with van der Waals surface area (Å²) < 4.78 is 0. The SMILES string of the molecule is Cc1ccccc1N=Nc1ccc(NC(=O)C=Cc2ccc(Cl)cc2Cl)c(C)c1. The maximum absolute atomic E-state index is 12.2. The molecule has 3 aromatic carbocycles. The second kappa shape index (κ2) is 9.50. The van der Waals surface area contributed by atoms with Gasteiger partial charge in [-0.1, -0.05) is 47.5 Å². The van der Waals surface area contributed by atoms with Crippen LogP contribution >= 0.6 is 23.2 Å². The molecule has 0 radical (unpaired) electrons. The van der Waals surface area contributed by atoms with Gasteiger partial charge in [-0.2, -0.15) is 10.2 Å². The fourth-order valence-electron chi connectivity index (χ4n) is 2.61. The zero-order chi connectivity index (χ0) is 20.8. The van der Waals surface area contributed by atoms with Crippen LogP contribution in [-0.2, 0) is 4.79 Å². The summed E-state index contributed by atoms with van der Waals surface area (Å²) in [6.45, 7) is 3.89. The second-order valence-electron chi connectivity index (χ2n) is 6.47. The Balaban J connectivity index is 1.68. The highest BCUT2D eigenvalue weighted by Crippen LogP contribution is 2.26. The van der Waals surface area contributed by atoms with Crippen molar-refractivity contribution < 1.29 is 4.79 Å². The Morgan fingerprint density at radius 2 is 1.72 bits per heavy atom. The lowest BCUT2D eigenvalue weighted by Crippen LogP contribution is -2.08. The molecule has 0 fully saturated rings. The molecule has 146 valence electrons. The van der Waals surface area contributed by atoms with E-state index in [4.69, 9.17) is 23.2 Å². The smallest absolute Gasteiger partial charge is 0.248 e. The summed E-state index contributed by atoms with van der Waals surface area (Å²) in [5.74, 6) is -0.256. The molecule has 0 aliphatic rings. The molecule has 6 heteroatoms. The number of aryl methyl sites for hydroxylation is 2. The van der Waals surface area contributed by atoms with Gasteiger partial charge in [0.25, 0.3) is 0 Å². The quantitative estimate of drug-likeness (QED) is 0.331. The second-order valence-corrected chi connectivity index (χ2v) is 7.32. The molecule has 0 aromatic heterocycles. The first kappa shape index (κ1) is 20.8. The van der Waals surface area contributed by atoms with Crippen molar-refractivity contribution in [3.05, 3.63) is 93.5 Å². The van der Waals surface area contributed by atoms with Crippen LogP contribution < -0.4 is 5.32 Å². The number of carbonyl (C=O) groups excluding carboxylic acids is 1. The fraction of sp³-hybridized carbons (Fsp3) is 0.0870. The third-order valence-electron chi connectivity index (χ3n) is 4.23. The van der Waals surface area contributed by atoms with Crippen molar-refractivity contribution in [2.45, 2.75) is 13.8 Å². The van der Waals surface area contributed by atoms with Crippen LogP contribution in [0.3, 0.4) is 0 Å². The molecule has 1 amide bonds. The number of nitrogens with zero attached hydrogens (tertiary/aromatic N) is 2. The van der Waals surface area contributed by atoms with Crippen LogP contribution in [0.4, 0.5) is 17.1 Å². The van der Waals surface area contributed by atoms with Gasteiger partial charge in [-0.05, 0) is 73.0 Å². The predicted molar refractivity (Wildman–Crippen MR) is 121 cm³/mol. The lowest BCUT2D eigenvalue weighted by Gasteiger charge is -2.07. The van der Waals surface area contributed by atoms with E-state index in [0.29, 0.717) is 21.4 Å². The maximum Gasteiger partial charge on any atom is 0.248 e. The molecule has 0 saturated carbocycles. The Labute approximate surface area is 179 Å².